The van der Waals surface area contributed by atoms with Gasteiger partial charge in [0.25, 0.3) is 5.91 Å². The van der Waals surface area contributed by atoms with Crippen LogP contribution in [0.15, 0.2) is 54.7 Å². The maximum Gasteiger partial charge on any atom is 0.433 e. The number of ketones is 1. The van der Waals surface area contributed by atoms with Crippen molar-refractivity contribution in [3.8, 4) is 11.8 Å². The van der Waals surface area contributed by atoms with Crippen molar-refractivity contribution in [2.24, 2.45) is 5.92 Å². The number of aromatic nitrogens is 2. The van der Waals surface area contributed by atoms with E-state index in [-0.39, 0.29) is 0 Å². The molecule has 0 aliphatic rings. The average molecular weight is 577 g/mol. The van der Waals surface area contributed by atoms with Gasteiger partial charge in [-0.3, -0.25) is 19.2 Å². The number of nitrogens with one attached hydrogen (secondary N) is 2. The lowest BCUT2D eigenvalue weighted by Crippen LogP contribution is -2.55. The third-order valence-corrected chi connectivity index (χ3v) is 5.73. The predicted octanol–water partition coefficient (Wildman–Crippen LogP) is 2.78. The van der Waals surface area contributed by atoms with Gasteiger partial charge in [-0.25, -0.2) is 4.98 Å². The van der Waals surface area contributed by atoms with Gasteiger partial charge in [0.1, 0.15) is 17.8 Å². The highest BCUT2D eigenvalue weighted by atomic mass is 19.4. The molecule has 0 aliphatic heterocycles. The van der Waals surface area contributed by atoms with Crippen LogP contribution in [-0.4, -0.2) is 63.9 Å². The zero-order valence-corrected chi connectivity index (χ0v) is 22.0. The molecule has 0 fully saturated rings. The number of carboxylic acid groups (broad SMARTS) is 1. The van der Waals surface area contributed by atoms with Crippen LogP contribution in [0.2, 0.25) is 0 Å². The van der Waals surface area contributed by atoms with E-state index in [0.717, 1.165) is 17.0 Å². The molecule has 2 aromatic carbocycles. The van der Waals surface area contributed by atoms with E-state index < -0.39 is 79.1 Å². The van der Waals surface area contributed by atoms with Gasteiger partial charge in [-0.1, -0.05) is 50.2 Å². The molecule has 0 radical (unpaired) electrons. The van der Waals surface area contributed by atoms with E-state index in [1.807, 2.05) is 30.3 Å². The Labute approximate surface area is 232 Å². The Morgan fingerprint density at radius 2 is 1.66 bits per heavy atom. The highest BCUT2D eigenvalue weighted by Gasteiger charge is 2.34. The molecule has 1 heterocycles. The summed E-state index contributed by atoms with van der Waals surface area (Å²) in [6, 6.07) is 9.80. The number of hydrogen-bond acceptors (Lipinski definition) is 8. The summed E-state index contributed by atoms with van der Waals surface area (Å²) in [4.78, 5) is 56.3. The fourth-order valence-electron chi connectivity index (χ4n) is 3.70. The van der Waals surface area contributed by atoms with Crippen LogP contribution in [-0.2, 0) is 25.4 Å². The summed E-state index contributed by atoms with van der Waals surface area (Å²) in [5, 5.41) is 15.7. The molecule has 1 aromatic heterocycles. The summed E-state index contributed by atoms with van der Waals surface area (Å²) in [5.41, 5.74) is -1.30. The largest absolute Gasteiger partial charge is 0.483 e. The number of aliphatic carboxylic acids is 1. The maximum absolute atomic E-state index is 13.0. The summed E-state index contributed by atoms with van der Waals surface area (Å²) in [6.07, 6.45) is -4.84. The molecule has 3 N–H and O–H groups in total. The normalized spacial score (nSPS) is 12.8. The number of carbonyl (C=O) groups is 4. The summed E-state index contributed by atoms with van der Waals surface area (Å²) in [6.45, 7) is 1.90. The molecular formula is C27H27F3N4O7. The molecule has 3 aromatic rings. The predicted molar refractivity (Wildman–Crippen MR) is 138 cm³/mol. The summed E-state index contributed by atoms with van der Waals surface area (Å²) in [5.74, 6) is -3.92. The number of fused-ring (bicyclic) bond motifs is 1. The highest BCUT2D eigenvalue weighted by molar-refractivity contribution is 5.95. The van der Waals surface area contributed by atoms with Gasteiger partial charge in [0.15, 0.2) is 24.7 Å². The van der Waals surface area contributed by atoms with Gasteiger partial charge < -0.3 is 25.2 Å². The van der Waals surface area contributed by atoms with Crippen LogP contribution in [0.3, 0.4) is 0 Å². The Hall–Kier alpha value is -4.75. The monoisotopic (exact) mass is 576 g/mol. The average Bonchev–Trinajstić information content (AvgIpc) is 2.92. The second-order valence-corrected chi connectivity index (χ2v) is 9.19. The van der Waals surface area contributed by atoms with Crippen LogP contribution in [0.1, 0.15) is 26.0 Å². The van der Waals surface area contributed by atoms with Crippen LogP contribution in [0.5, 0.6) is 11.8 Å². The van der Waals surface area contributed by atoms with Crippen molar-refractivity contribution in [1.29, 1.82) is 0 Å². The minimum Gasteiger partial charge on any atom is -0.483 e. The number of carboxylic acids is 1. The summed E-state index contributed by atoms with van der Waals surface area (Å²) in [7, 11) is 0. The molecule has 0 saturated carbocycles. The number of carbonyl (C=O) groups excluding carboxylic acids is 3. The first-order chi connectivity index (χ1) is 19.3. The van der Waals surface area contributed by atoms with Crippen molar-refractivity contribution >= 4 is 34.3 Å². The van der Waals surface area contributed by atoms with E-state index in [9.17, 15) is 37.5 Å². The molecule has 0 spiro atoms. The maximum atomic E-state index is 13.0. The zero-order chi connectivity index (χ0) is 30.2. The van der Waals surface area contributed by atoms with E-state index in [4.69, 9.17) is 9.47 Å². The van der Waals surface area contributed by atoms with E-state index in [2.05, 4.69) is 20.6 Å². The Kier molecular flexibility index (Phi) is 10.2. The molecule has 0 saturated heterocycles. The number of amides is 2. The van der Waals surface area contributed by atoms with Crippen LogP contribution in [0.25, 0.3) is 10.8 Å². The van der Waals surface area contributed by atoms with Crippen molar-refractivity contribution in [3.05, 3.63) is 60.4 Å². The summed E-state index contributed by atoms with van der Waals surface area (Å²) < 4.78 is 49.1. The van der Waals surface area contributed by atoms with Crippen molar-refractivity contribution in [2.45, 2.75) is 38.5 Å². The van der Waals surface area contributed by atoms with Crippen molar-refractivity contribution in [2.75, 3.05) is 13.2 Å². The second kappa shape index (κ2) is 13.5. The Bertz CT molecular complexity index is 1410. The molecule has 218 valence electrons. The van der Waals surface area contributed by atoms with E-state index in [0.29, 0.717) is 11.8 Å². The molecule has 41 heavy (non-hydrogen) atoms. The fraction of sp³-hybridized carbons (Fsp3) is 0.333. The Morgan fingerprint density at radius 1 is 0.951 bits per heavy atom. The van der Waals surface area contributed by atoms with Gasteiger partial charge in [0.05, 0.1) is 6.42 Å². The molecule has 0 bridgehead atoms. The minimum atomic E-state index is -4.78. The van der Waals surface area contributed by atoms with Gasteiger partial charge in [-0.15, -0.1) is 0 Å². The van der Waals surface area contributed by atoms with Crippen LogP contribution in [0, 0.1) is 5.92 Å². The SMILES string of the molecule is CC(C)[C@H](NC(=O)COc1cccc2ccccc12)C(=O)N[C@@H](CC(=O)O)C(=O)COc1nccc(C(F)(F)F)n1. The molecule has 14 heteroatoms. The topological polar surface area (TPSA) is 157 Å². The lowest BCUT2D eigenvalue weighted by atomic mass is 10.0. The standard InChI is InChI=1S/C27H27F3N4O7/c1-15(2)24(34-22(36)14-40-20-9-5-7-16-6-3-4-8-17(16)20)25(39)32-18(12-23(37)38)19(35)13-41-26-31-11-10-21(33-26)27(28,29)30/h3-11,15,18,24H,12-14H2,1-2H3,(H,32,39)(H,34,36)(H,37,38)/t18-,24-/m0/s1. The van der Waals surface area contributed by atoms with Gasteiger partial charge in [-0.2, -0.15) is 18.2 Å². The lowest BCUT2D eigenvalue weighted by molar-refractivity contribution is -0.142. The molecule has 2 amide bonds. The zero-order valence-electron chi connectivity index (χ0n) is 22.0. The first-order valence-corrected chi connectivity index (χ1v) is 12.3. The molecule has 11 nitrogen and oxygen atoms in total. The van der Waals surface area contributed by atoms with Crippen LogP contribution >= 0.6 is 0 Å². The third kappa shape index (κ3) is 8.88. The van der Waals surface area contributed by atoms with Gasteiger partial charge in [-0.05, 0) is 23.4 Å². The molecule has 0 aliphatic carbocycles. The first-order valence-electron chi connectivity index (χ1n) is 12.3. The van der Waals surface area contributed by atoms with E-state index in [1.54, 1.807) is 26.0 Å². The highest BCUT2D eigenvalue weighted by Crippen LogP contribution is 2.28. The van der Waals surface area contributed by atoms with Crippen molar-refractivity contribution in [3.63, 3.8) is 0 Å². The number of hydrogen-bond donors (Lipinski definition) is 3. The van der Waals surface area contributed by atoms with Crippen LogP contribution in [0.4, 0.5) is 13.2 Å². The Morgan fingerprint density at radius 3 is 2.34 bits per heavy atom. The number of alkyl halides is 3. The van der Waals surface area contributed by atoms with Gasteiger partial charge in [0.2, 0.25) is 5.91 Å². The van der Waals surface area contributed by atoms with Gasteiger partial charge in [0, 0.05) is 11.6 Å². The number of Topliss-reactive ketones (excluding diaryl/α,β-unsaturated/α-hetero) is 1. The lowest BCUT2D eigenvalue weighted by Gasteiger charge is -2.24. The quantitative estimate of drug-likeness (QED) is 0.278. The smallest absolute Gasteiger partial charge is 0.433 e. The van der Waals surface area contributed by atoms with Crippen molar-refractivity contribution < 1.29 is 46.9 Å². The second-order valence-electron chi connectivity index (χ2n) is 9.19. The van der Waals surface area contributed by atoms with Gasteiger partial charge >= 0.3 is 18.2 Å². The summed E-state index contributed by atoms with van der Waals surface area (Å²) >= 11 is 0. The molecule has 0 unspecified atom stereocenters. The van der Waals surface area contributed by atoms with E-state index >= 15 is 0 Å². The molecule has 3 rings (SSSR count). The van der Waals surface area contributed by atoms with Crippen LogP contribution < -0.4 is 20.1 Å². The number of halogens is 3. The molecular weight excluding hydrogens is 549 g/mol. The molecule has 2 atom stereocenters. The Balaban J connectivity index is 1.62. The first kappa shape index (κ1) is 30.8. The number of rotatable bonds is 13. The number of nitrogens with zero attached hydrogens (tertiary/aromatic N) is 2. The minimum absolute atomic E-state index is 0.424. The third-order valence-electron chi connectivity index (χ3n) is 5.73. The fourth-order valence-corrected chi connectivity index (χ4v) is 3.70. The van der Waals surface area contributed by atoms with E-state index in [1.165, 1.54) is 0 Å². The number of ether oxygens (including phenoxy) is 2. The number of benzene rings is 2. The van der Waals surface area contributed by atoms with Crippen molar-refractivity contribution in [1.82, 2.24) is 20.6 Å².